The molecule has 0 spiro atoms. The Kier molecular flexibility index (Phi) is 13.3. The minimum atomic E-state index is -1.03. The molecule has 0 unspecified atom stereocenters. The van der Waals surface area contributed by atoms with E-state index in [4.69, 9.17) is 0 Å². The Balaban J connectivity index is 2.12. The van der Waals surface area contributed by atoms with Gasteiger partial charge in [-0.05, 0) is 41.7 Å². The first kappa shape index (κ1) is 36.3. The molecule has 2 aromatic rings. The largest absolute Gasteiger partial charge is 0.342 e. The molecule has 1 fully saturated rings. The quantitative estimate of drug-likeness (QED) is 0.337. The summed E-state index contributed by atoms with van der Waals surface area (Å²) in [5, 5.41) is 11.6. The first-order valence-electron chi connectivity index (χ1n) is 16.3. The molecule has 10 nitrogen and oxygen atoms in total. The molecule has 1 aliphatic rings. The van der Waals surface area contributed by atoms with Crippen molar-refractivity contribution >= 4 is 29.5 Å². The Hall–Kier alpha value is -4.21. The predicted molar refractivity (Wildman–Crippen MR) is 178 cm³/mol. The van der Waals surface area contributed by atoms with Crippen LogP contribution in [0.2, 0.25) is 0 Å². The lowest BCUT2D eigenvalue weighted by Gasteiger charge is -2.34. The van der Waals surface area contributed by atoms with Gasteiger partial charge in [-0.15, -0.1) is 0 Å². The van der Waals surface area contributed by atoms with E-state index in [2.05, 4.69) is 21.3 Å². The summed E-state index contributed by atoms with van der Waals surface area (Å²) in [7, 11) is 1.56. The van der Waals surface area contributed by atoms with Crippen molar-refractivity contribution in [2.75, 3.05) is 7.05 Å². The molecule has 0 bridgehead atoms. The highest BCUT2D eigenvalue weighted by molar-refractivity contribution is 5.98. The van der Waals surface area contributed by atoms with Crippen molar-refractivity contribution in [1.29, 1.82) is 0 Å². The molecule has 2 aromatic carbocycles. The van der Waals surface area contributed by atoms with E-state index in [1.165, 1.54) is 4.90 Å². The summed E-state index contributed by atoms with van der Waals surface area (Å²) in [6, 6.07) is 13.8. The standard InChI is InChI=1S/C36H51N5O5/c1-22(2)18-27-32(42)37-28(20-25-14-10-8-11-15-25)33(43)38-29(21-26-16-12-9-13-17-26)34(44)40-30(19-23(3)4)36(46)41(7)31(24(5)6)35(45)39-27/h8-17,22-24,27-31H,18-21H2,1-7H3,(H,37,42)(H,38,43)(H,39,45)(H,40,44)/t27-,28-,29-,30-,31-/m1/s1. The van der Waals surface area contributed by atoms with Crippen molar-refractivity contribution in [3.63, 3.8) is 0 Å². The number of hydrogen-bond donors (Lipinski definition) is 4. The van der Waals surface area contributed by atoms with E-state index in [0.717, 1.165) is 11.1 Å². The Morgan fingerprint density at radius 1 is 0.543 bits per heavy atom. The molecule has 3 rings (SSSR count). The lowest BCUT2D eigenvalue weighted by Crippen LogP contribution is -2.59. The molecular weight excluding hydrogens is 582 g/mol. The number of nitrogens with zero attached hydrogens (tertiary/aromatic N) is 1. The van der Waals surface area contributed by atoms with Crippen molar-refractivity contribution in [2.45, 2.75) is 97.4 Å². The van der Waals surface area contributed by atoms with Crippen LogP contribution in [-0.4, -0.2) is 71.7 Å². The zero-order valence-electron chi connectivity index (χ0n) is 28.2. The zero-order chi connectivity index (χ0) is 34.0. The van der Waals surface area contributed by atoms with E-state index >= 15 is 0 Å². The highest BCUT2D eigenvalue weighted by atomic mass is 16.2. The fourth-order valence-corrected chi connectivity index (χ4v) is 5.90. The minimum Gasteiger partial charge on any atom is -0.342 e. The number of likely N-dealkylation sites (N-methyl/N-ethyl adjacent to an activating group) is 1. The third-order valence-electron chi connectivity index (χ3n) is 8.16. The van der Waals surface area contributed by atoms with Crippen molar-refractivity contribution in [2.24, 2.45) is 17.8 Å². The van der Waals surface area contributed by atoms with Gasteiger partial charge in [0.15, 0.2) is 0 Å². The second-order valence-electron chi connectivity index (χ2n) is 13.5. The van der Waals surface area contributed by atoms with Gasteiger partial charge in [-0.2, -0.15) is 0 Å². The van der Waals surface area contributed by atoms with E-state index in [0.29, 0.717) is 12.8 Å². The number of nitrogens with one attached hydrogen (secondary N) is 4. The zero-order valence-corrected chi connectivity index (χ0v) is 28.2. The van der Waals surface area contributed by atoms with Gasteiger partial charge < -0.3 is 26.2 Å². The van der Waals surface area contributed by atoms with Crippen LogP contribution < -0.4 is 21.3 Å². The van der Waals surface area contributed by atoms with Crippen molar-refractivity contribution in [1.82, 2.24) is 26.2 Å². The van der Waals surface area contributed by atoms with E-state index < -0.39 is 59.7 Å². The maximum absolute atomic E-state index is 14.0. The lowest BCUT2D eigenvalue weighted by atomic mass is 9.96. The maximum atomic E-state index is 14.0. The fraction of sp³-hybridized carbons (Fsp3) is 0.528. The molecule has 1 aliphatic heterocycles. The number of rotatable bonds is 9. The van der Waals surface area contributed by atoms with Crippen LogP contribution in [0.25, 0.3) is 0 Å². The summed E-state index contributed by atoms with van der Waals surface area (Å²) < 4.78 is 0. The van der Waals surface area contributed by atoms with Crippen LogP contribution in [0.3, 0.4) is 0 Å². The van der Waals surface area contributed by atoms with Crippen molar-refractivity contribution in [3.8, 4) is 0 Å². The average molecular weight is 634 g/mol. The summed E-state index contributed by atoms with van der Waals surface area (Å²) in [4.78, 5) is 71.0. The Morgan fingerprint density at radius 3 is 1.33 bits per heavy atom. The van der Waals surface area contributed by atoms with Gasteiger partial charge in [-0.25, -0.2) is 0 Å². The number of carbonyl (C=O) groups is 5. The number of amides is 5. The number of carbonyl (C=O) groups excluding carboxylic acids is 5. The molecular formula is C36H51N5O5. The highest BCUT2D eigenvalue weighted by Crippen LogP contribution is 2.17. The number of hydrogen-bond acceptors (Lipinski definition) is 5. The van der Waals surface area contributed by atoms with E-state index in [9.17, 15) is 24.0 Å². The first-order valence-corrected chi connectivity index (χ1v) is 16.3. The van der Waals surface area contributed by atoms with Crippen molar-refractivity contribution < 1.29 is 24.0 Å². The van der Waals surface area contributed by atoms with E-state index in [-0.39, 0.29) is 30.6 Å². The number of benzene rings is 2. The normalized spacial score (nSPS) is 23.8. The van der Waals surface area contributed by atoms with Crippen LogP contribution in [0.5, 0.6) is 0 Å². The third-order valence-corrected chi connectivity index (χ3v) is 8.16. The summed E-state index contributed by atoms with van der Waals surface area (Å²) in [5.74, 6) is -2.65. The van der Waals surface area contributed by atoms with Crippen LogP contribution in [-0.2, 0) is 36.8 Å². The molecule has 1 heterocycles. The van der Waals surface area contributed by atoms with Gasteiger partial charge in [0, 0.05) is 19.9 Å². The lowest BCUT2D eigenvalue weighted by molar-refractivity contribution is -0.144. The molecule has 0 saturated carbocycles. The molecule has 0 aromatic heterocycles. The van der Waals surface area contributed by atoms with Gasteiger partial charge in [0.2, 0.25) is 29.5 Å². The first-order chi connectivity index (χ1) is 21.8. The van der Waals surface area contributed by atoms with Gasteiger partial charge in [0.25, 0.3) is 0 Å². The molecule has 46 heavy (non-hydrogen) atoms. The molecule has 4 N–H and O–H groups in total. The smallest absolute Gasteiger partial charge is 0.245 e. The Labute approximate surface area is 273 Å². The summed E-state index contributed by atoms with van der Waals surface area (Å²) in [6.45, 7) is 11.5. The van der Waals surface area contributed by atoms with Gasteiger partial charge in [0.1, 0.15) is 30.2 Å². The summed E-state index contributed by atoms with van der Waals surface area (Å²) in [6.07, 6.45) is 1.01. The second kappa shape index (κ2) is 16.9. The Morgan fingerprint density at radius 2 is 0.913 bits per heavy atom. The minimum absolute atomic E-state index is 0.0453. The van der Waals surface area contributed by atoms with Gasteiger partial charge in [-0.3, -0.25) is 24.0 Å². The van der Waals surface area contributed by atoms with Crippen LogP contribution >= 0.6 is 0 Å². The topological polar surface area (TPSA) is 137 Å². The van der Waals surface area contributed by atoms with Gasteiger partial charge >= 0.3 is 0 Å². The molecule has 250 valence electrons. The molecule has 1 saturated heterocycles. The molecule has 0 aliphatic carbocycles. The summed E-state index contributed by atoms with van der Waals surface area (Å²) in [5.41, 5.74) is 1.64. The molecule has 10 heteroatoms. The van der Waals surface area contributed by atoms with Crippen LogP contribution in [0, 0.1) is 17.8 Å². The predicted octanol–water partition coefficient (Wildman–Crippen LogP) is 3.00. The fourth-order valence-electron chi connectivity index (χ4n) is 5.90. The third kappa shape index (κ3) is 10.4. The van der Waals surface area contributed by atoms with Crippen molar-refractivity contribution in [3.05, 3.63) is 71.8 Å². The molecule has 5 amide bonds. The monoisotopic (exact) mass is 633 g/mol. The van der Waals surface area contributed by atoms with Crippen LogP contribution in [0.15, 0.2) is 60.7 Å². The van der Waals surface area contributed by atoms with Gasteiger partial charge in [0.05, 0.1) is 0 Å². The second-order valence-corrected chi connectivity index (χ2v) is 13.5. The highest BCUT2D eigenvalue weighted by Gasteiger charge is 2.38. The molecule has 5 atom stereocenters. The maximum Gasteiger partial charge on any atom is 0.245 e. The Bertz CT molecular complexity index is 1330. The molecule has 0 radical (unpaired) electrons. The van der Waals surface area contributed by atoms with Crippen LogP contribution in [0.4, 0.5) is 0 Å². The van der Waals surface area contributed by atoms with Gasteiger partial charge in [-0.1, -0.05) is 102 Å². The van der Waals surface area contributed by atoms with E-state index in [1.54, 1.807) is 7.05 Å². The average Bonchev–Trinajstić information content (AvgIpc) is 2.99. The SMILES string of the molecule is CC(C)C[C@H]1NC(=O)[C@@H](C(C)C)N(C)C(=O)[C@@H](CC(C)C)NC(=O)[C@@H](Cc2ccccc2)NC(=O)[C@@H](Cc2ccccc2)NC1=O. The van der Waals surface area contributed by atoms with E-state index in [1.807, 2.05) is 102 Å². The summed E-state index contributed by atoms with van der Waals surface area (Å²) >= 11 is 0. The van der Waals surface area contributed by atoms with Crippen LogP contribution in [0.1, 0.15) is 65.5 Å².